The van der Waals surface area contributed by atoms with E-state index in [4.69, 9.17) is 16.8 Å². The van der Waals surface area contributed by atoms with E-state index in [1.807, 2.05) is 24.3 Å². The molecule has 2 aliphatic carbocycles. The molecule has 0 aromatic heterocycles. The predicted molar refractivity (Wildman–Crippen MR) is 68.9 cm³/mol. The van der Waals surface area contributed by atoms with Crippen molar-refractivity contribution in [3.8, 4) is 0 Å². The molecular weight excluding hydrogens is 236 g/mol. The summed E-state index contributed by atoms with van der Waals surface area (Å²) in [5, 5.41) is 16.8. The standard InChI is InChI=1S/C13H15ClN2O/c14-10-3-5-11(6-4-10)15-12-8-1-2-9(7-8)13(12)16-17/h3-6,8-9,12,15,17H,1-2,7H2/b16-13-/t8-,9-,12+/m0/s1. The summed E-state index contributed by atoms with van der Waals surface area (Å²) in [6, 6.07) is 7.85. The normalized spacial score (nSPS) is 33.2. The SMILES string of the molecule is O/N=C1/[C@H]2CC[C@@H](C2)[C@H]1Nc1ccc(Cl)cc1. The first-order valence-corrected chi connectivity index (χ1v) is 6.39. The highest BCUT2D eigenvalue weighted by Gasteiger charge is 2.45. The fourth-order valence-corrected chi connectivity index (χ4v) is 3.27. The van der Waals surface area contributed by atoms with Gasteiger partial charge >= 0.3 is 0 Å². The minimum absolute atomic E-state index is 0.194. The van der Waals surface area contributed by atoms with Gasteiger partial charge in [0, 0.05) is 16.6 Å². The second-order valence-corrected chi connectivity index (χ2v) is 5.36. The van der Waals surface area contributed by atoms with E-state index in [9.17, 15) is 0 Å². The number of hydrogen-bond acceptors (Lipinski definition) is 3. The van der Waals surface area contributed by atoms with Crippen molar-refractivity contribution in [3.05, 3.63) is 29.3 Å². The van der Waals surface area contributed by atoms with Crippen LogP contribution in [-0.2, 0) is 0 Å². The van der Waals surface area contributed by atoms with Crippen LogP contribution < -0.4 is 5.32 Å². The fraction of sp³-hybridized carbons (Fsp3) is 0.462. The number of oxime groups is 1. The molecule has 0 unspecified atom stereocenters. The van der Waals surface area contributed by atoms with E-state index in [0.717, 1.165) is 22.8 Å². The highest BCUT2D eigenvalue weighted by atomic mass is 35.5. The summed E-state index contributed by atoms with van der Waals surface area (Å²) < 4.78 is 0. The van der Waals surface area contributed by atoms with Crippen LogP contribution in [0.5, 0.6) is 0 Å². The number of nitrogens with one attached hydrogen (secondary N) is 1. The van der Waals surface area contributed by atoms with E-state index < -0.39 is 0 Å². The van der Waals surface area contributed by atoms with Crippen molar-refractivity contribution in [2.24, 2.45) is 17.0 Å². The van der Waals surface area contributed by atoms with Crippen LogP contribution in [0.25, 0.3) is 0 Å². The number of hydrogen-bond donors (Lipinski definition) is 2. The van der Waals surface area contributed by atoms with Gasteiger partial charge in [0.25, 0.3) is 0 Å². The Balaban J connectivity index is 1.79. The smallest absolute Gasteiger partial charge is 0.0826 e. The first-order chi connectivity index (χ1) is 8.28. The van der Waals surface area contributed by atoms with Crippen molar-refractivity contribution < 1.29 is 5.21 Å². The summed E-state index contributed by atoms with van der Waals surface area (Å²) in [7, 11) is 0. The Bertz CT molecular complexity index is 443. The lowest BCUT2D eigenvalue weighted by molar-refractivity contribution is 0.312. The summed E-state index contributed by atoms with van der Waals surface area (Å²) >= 11 is 5.86. The zero-order valence-corrected chi connectivity index (χ0v) is 10.2. The van der Waals surface area contributed by atoms with Gasteiger partial charge in [-0.3, -0.25) is 0 Å². The highest BCUT2D eigenvalue weighted by molar-refractivity contribution is 6.30. The molecule has 2 saturated carbocycles. The molecule has 0 saturated heterocycles. The number of halogens is 1. The maximum atomic E-state index is 9.11. The Morgan fingerprint density at radius 2 is 2.00 bits per heavy atom. The van der Waals surface area contributed by atoms with Crippen molar-refractivity contribution in [2.75, 3.05) is 5.32 Å². The largest absolute Gasteiger partial charge is 0.411 e. The van der Waals surface area contributed by atoms with Crippen molar-refractivity contribution >= 4 is 23.0 Å². The Kier molecular flexibility index (Phi) is 2.71. The predicted octanol–water partition coefficient (Wildman–Crippen LogP) is 3.38. The molecular formula is C13H15ClN2O. The molecule has 0 spiro atoms. The quantitative estimate of drug-likeness (QED) is 0.624. The first-order valence-electron chi connectivity index (χ1n) is 6.02. The second-order valence-electron chi connectivity index (χ2n) is 4.92. The van der Waals surface area contributed by atoms with Crippen LogP contribution >= 0.6 is 11.6 Å². The number of nitrogens with zero attached hydrogens (tertiary/aromatic N) is 1. The van der Waals surface area contributed by atoms with Crippen LogP contribution in [0.15, 0.2) is 29.4 Å². The van der Waals surface area contributed by atoms with Gasteiger partial charge in [-0.2, -0.15) is 0 Å². The number of benzene rings is 1. The molecule has 0 aliphatic heterocycles. The van der Waals surface area contributed by atoms with Gasteiger partial charge in [0.05, 0.1) is 11.8 Å². The zero-order valence-electron chi connectivity index (χ0n) is 9.44. The third-order valence-electron chi connectivity index (χ3n) is 3.96. The van der Waals surface area contributed by atoms with E-state index in [1.54, 1.807) is 0 Å². The van der Waals surface area contributed by atoms with Crippen LogP contribution in [0.4, 0.5) is 5.69 Å². The number of fused-ring (bicyclic) bond motifs is 2. The van der Waals surface area contributed by atoms with E-state index in [-0.39, 0.29) is 6.04 Å². The summed E-state index contributed by atoms with van der Waals surface area (Å²) in [6.45, 7) is 0. The Morgan fingerprint density at radius 3 is 2.71 bits per heavy atom. The molecule has 17 heavy (non-hydrogen) atoms. The van der Waals surface area contributed by atoms with Crippen LogP contribution in [0.2, 0.25) is 5.02 Å². The maximum Gasteiger partial charge on any atom is 0.0826 e. The minimum Gasteiger partial charge on any atom is -0.411 e. The third-order valence-corrected chi connectivity index (χ3v) is 4.22. The van der Waals surface area contributed by atoms with Gasteiger partial charge in [-0.15, -0.1) is 0 Å². The van der Waals surface area contributed by atoms with Gasteiger partial charge in [0.1, 0.15) is 0 Å². The van der Waals surface area contributed by atoms with E-state index in [0.29, 0.717) is 11.8 Å². The average Bonchev–Trinajstić information content (AvgIpc) is 2.92. The van der Waals surface area contributed by atoms with Gasteiger partial charge in [-0.05, 0) is 49.4 Å². The lowest BCUT2D eigenvalue weighted by Gasteiger charge is -2.24. The topological polar surface area (TPSA) is 44.6 Å². The van der Waals surface area contributed by atoms with E-state index >= 15 is 0 Å². The van der Waals surface area contributed by atoms with Crippen LogP contribution in [0.1, 0.15) is 19.3 Å². The van der Waals surface area contributed by atoms with Crippen molar-refractivity contribution in [3.63, 3.8) is 0 Å². The molecule has 1 aromatic rings. The molecule has 2 fully saturated rings. The van der Waals surface area contributed by atoms with Crippen molar-refractivity contribution in [1.29, 1.82) is 0 Å². The molecule has 4 heteroatoms. The monoisotopic (exact) mass is 250 g/mol. The minimum atomic E-state index is 0.194. The summed E-state index contributed by atoms with van der Waals surface area (Å²) in [4.78, 5) is 0. The molecule has 90 valence electrons. The molecule has 1 aromatic carbocycles. The lowest BCUT2D eigenvalue weighted by atomic mass is 9.93. The number of anilines is 1. The molecule has 3 nitrogen and oxygen atoms in total. The van der Waals surface area contributed by atoms with Crippen LogP contribution in [0.3, 0.4) is 0 Å². The van der Waals surface area contributed by atoms with Gasteiger partial charge in [-0.25, -0.2) is 0 Å². The van der Waals surface area contributed by atoms with E-state index in [1.165, 1.54) is 12.8 Å². The first kappa shape index (κ1) is 10.9. The molecule has 2 N–H and O–H groups in total. The Morgan fingerprint density at radius 1 is 1.24 bits per heavy atom. The molecule has 2 aliphatic rings. The molecule has 0 radical (unpaired) electrons. The van der Waals surface area contributed by atoms with Gasteiger partial charge in [0.15, 0.2) is 0 Å². The average molecular weight is 251 g/mol. The van der Waals surface area contributed by atoms with Gasteiger partial charge < -0.3 is 10.5 Å². The fourth-order valence-electron chi connectivity index (χ4n) is 3.14. The summed E-state index contributed by atoms with van der Waals surface area (Å²) in [6.07, 6.45) is 3.56. The summed E-state index contributed by atoms with van der Waals surface area (Å²) in [5.74, 6) is 1.09. The van der Waals surface area contributed by atoms with Gasteiger partial charge in [-0.1, -0.05) is 16.8 Å². The lowest BCUT2D eigenvalue weighted by Crippen LogP contribution is -2.35. The van der Waals surface area contributed by atoms with Crippen LogP contribution in [-0.4, -0.2) is 17.0 Å². The van der Waals surface area contributed by atoms with Crippen LogP contribution in [0, 0.1) is 11.8 Å². The Hall–Kier alpha value is -1.22. The Labute approximate surface area is 105 Å². The number of rotatable bonds is 2. The second kappa shape index (κ2) is 4.22. The summed E-state index contributed by atoms with van der Waals surface area (Å²) in [5.41, 5.74) is 1.96. The molecule has 0 heterocycles. The van der Waals surface area contributed by atoms with Gasteiger partial charge in [0.2, 0.25) is 0 Å². The van der Waals surface area contributed by atoms with Crippen molar-refractivity contribution in [1.82, 2.24) is 0 Å². The maximum absolute atomic E-state index is 9.11. The molecule has 3 atom stereocenters. The van der Waals surface area contributed by atoms with Crippen molar-refractivity contribution in [2.45, 2.75) is 25.3 Å². The molecule has 2 bridgehead atoms. The zero-order chi connectivity index (χ0) is 11.8. The van der Waals surface area contributed by atoms with E-state index in [2.05, 4.69) is 10.5 Å². The molecule has 0 amide bonds. The molecule has 3 rings (SSSR count). The third kappa shape index (κ3) is 1.89. The highest BCUT2D eigenvalue weighted by Crippen LogP contribution is 2.43.